The number of nitrogens with zero attached hydrogens (tertiary/aromatic N) is 1. The number of hydrogen-bond donors (Lipinski definition) is 1. The van der Waals surface area contributed by atoms with Gasteiger partial charge in [-0.3, -0.25) is 9.59 Å². The molecule has 0 spiro atoms. The molecule has 0 aliphatic heterocycles. The minimum atomic E-state index is -1.09. The van der Waals surface area contributed by atoms with Crippen LogP contribution in [0, 0.1) is 5.82 Å². The molecule has 1 aromatic carbocycles. The van der Waals surface area contributed by atoms with Crippen LogP contribution >= 0.6 is 0 Å². The molecule has 0 bridgehead atoms. The van der Waals surface area contributed by atoms with Crippen molar-refractivity contribution in [2.75, 3.05) is 14.2 Å². The van der Waals surface area contributed by atoms with Gasteiger partial charge in [-0.25, -0.2) is 14.2 Å². The van der Waals surface area contributed by atoms with Crippen molar-refractivity contribution in [2.45, 2.75) is 58.0 Å². The van der Waals surface area contributed by atoms with Crippen molar-refractivity contribution in [1.82, 2.24) is 10.3 Å². The van der Waals surface area contributed by atoms with E-state index in [9.17, 15) is 18.8 Å². The summed E-state index contributed by atoms with van der Waals surface area (Å²) in [6.07, 6.45) is 1.54. The Balaban J connectivity index is 1.73. The Morgan fingerprint density at radius 3 is 2.39 bits per heavy atom. The summed E-state index contributed by atoms with van der Waals surface area (Å²) in [5.74, 6) is -2.42. The fourth-order valence-electron chi connectivity index (χ4n) is 3.43. The minimum Gasteiger partial charge on any atom is -0.496 e. The highest BCUT2D eigenvalue weighted by Gasteiger charge is 2.35. The van der Waals surface area contributed by atoms with Gasteiger partial charge in [0.05, 0.1) is 20.3 Å². The van der Waals surface area contributed by atoms with E-state index < -0.39 is 41.9 Å². The molecule has 1 aromatic heterocycles. The predicted octanol–water partition coefficient (Wildman–Crippen LogP) is 3.13. The molecule has 194 valence electrons. The summed E-state index contributed by atoms with van der Waals surface area (Å²) >= 11 is 0. The van der Waals surface area contributed by atoms with E-state index in [1.54, 1.807) is 6.92 Å². The third-order valence-electron chi connectivity index (χ3n) is 5.34. The van der Waals surface area contributed by atoms with Crippen LogP contribution in [-0.2, 0) is 19.1 Å². The number of halogens is 1. The van der Waals surface area contributed by atoms with E-state index in [2.05, 4.69) is 10.3 Å². The number of methoxy groups -OCH3 is 2. The van der Waals surface area contributed by atoms with E-state index in [0.29, 0.717) is 5.56 Å². The van der Waals surface area contributed by atoms with Crippen LogP contribution in [0.4, 0.5) is 4.39 Å². The van der Waals surface area contributed by atoms with Crippen LogP contribution in [0.25, 0.3) is 0 Å². The molecule has 0 radical (unpaired) electrons. The van der Waals surface area contributed by atoms with Gasteiger partial charge in [0.2, 0.25) is 5.75 Å². The molecule has 1 saturated carbocycles. The molecule has 2 aromatic rings. The second-order valence-electron chi connectivity index (χ2n) is 8.26. The average molecular weight is 505 g/mol. The van der Waals surface area contributed by atoms with Gasteiger partial charge in [-0.05, 0) is 38.8 Å². The Bertz CT molecular complexity index is 1120. The Kier molecular flexibility index (Phi) is 8.81. The Morgan fingerprint density at radius 2 is 1.78 bits per heavy atom. The maximum absolute atomic E-state index is 13.7. The molecule has 1 N–H and O–H groups in total. The van der Waals surface area contributed by atoms with Crippen molar-refractivity contribution in [3.8, 4) is 17.2 Å². The average Bonchev–Trinajstić information content (AvgIpc) is 3.66. The monoisotopic (exact) mass is 504 g/mol. The molecular formula is C25H29FN2O8. The lowest BCUT2D eigenvalue weighted by Crippen LogP contribution is -2.42. The van der Waals surface area contributed by atoms with Crippen molar-refractivity contribution in [2.24, 2.45) is 0 Å². The maximum Gasteiger partial charge on any atom is 0.328 e. The molecule has 36 heavy (non-hydrogen) atoms. The number of carbonyl (C=O) groups is 3. The highest BCUT2D eigenvalue weighted by atomic mass is 19.1. The number of hydrogen-bond acceptors (Lipinski definition) is 9. The topological polar surface area (TPSA) is 122 Å². The molecule has 1 fully saturated rings. The summed E-state index contributed by atoms with van der Waals surface area (Å²) in [6, 6.07) is 4.38. The van der Waals surface area contributed by atoms with Crippen LogP contribution in [0.5, 0.6) is 17.2 Å². The SMILES string of the molecule is COc1cc(F)ccc1[C@@H](OC1CC1)[C@H](C)OC(=O)[C@H](C)NC(=O)c1nccc(OC)c1OC(C)=O. The lowest BCUT2D eigenvalue weighted by Gasteiger charge is -2.27. The van der Waals surface area contributed by atoms with E-state index in [1.807, 2.05) is 0 Å². The minimum absolute atomic E-state index is 0.00173. The normalized spacial score (nSPS) is 15.3. The van der Waals surface area contributed by atoms with E-state index in [0.717, 1.165) is 12.8 Å². The van der Waals surface area contributed by atoms with Gasteiger partial charge in [0.1, 0.15) is 29.8 Å². The van der Waals surface area contributed by atoms with Crippen molar-refractivity contribution >= 4 is 17.8 Å². The van der Waals surface area contributed by atoms with E-state index in [-0.39, 0.29) is 29.0 Å². The molecule has 10 nitrogen and oxygen atoms in total. The number of nitrogens with one attached hydrogen (secondary N) is 1. The number of esters is 2. The molecular weight excluding hydrogens is 475 g/mol. The van der Waals surface area contributed by atoms with Crippen LogP contribution < -0.4 is 19.5 Å². The number of ether oxygens (including phenoxy) is 5. The van der Waals surface area contributed by atoms with Crippen molar-refractivity contribution in [1.29, 1.82) is 0 Å². The molecule has 1 amide bonds. The first kappa shape index (κ1) is 26.9. The summed E-state index contributed by atoms with van der Waals surface area (Å²) in [4.78, 5) is 41.1. The molecule has 0 saturated heterocycles. The van der Waals surface area contributed by atoms with Gasteiger partial charge in [0.25, 0.3) is 5.91 Å². The zero-order valence-corrected chi connectivity index (χ0v) is 20.7. The quantitative estimate of drug-likeness (QED) is 0.460. The Morgan fingerprint density at radius 1 is 1.08 bits per heavy atom. The second kappa shape index (κ2) is 11.8. The molecule has 3 atom stereocenters. The first-order valence-corrected chi connectivity index (χ1v) is 11.4. The number of rotatable bonds is 11. The van der Waals surface area contributed by atoms with Crippen LogP contribution in [0.15, 0.2) is 30.5 Å². The van der Waals surface area contributed by atoms with E-state index in [4.69, 9.17) is 23.7 Å². The van der Waals surface area contributed by atoms with E-state index >= 15 is 0 Å². The number of pyridine rings is 1. The van der Waals surface area contributed by atoms with Gasteiger partial charge in [-0.2, -0.15) is 0 Å². The fourth-order valence-corrected chi connectivity index (χ4v) is 3.43. The molecule has 3 rings (SSSR count). The standard InChI is InChI=1S/C25H29FN2O8/c1-13(28-24(30)21-23(35-15(3)29)19(32-4)10-11-27-21)25(31)34-14(2)22(36-17-7-8-17)18-9-6-16(26)12-20(18)33-5/h6,9-14,17,22H,7-8H2,1-5H3,(H,28,30)/t13-,14-,22-/m0/s1. The largest absolute Gasteiger partial charge is 0.496 e. The number of benzene rings is 1. The van der Waals surface area contributed by atoms with Gasteiger partial charge in [0, 0.05) is 30.8 Å². The second-order valence-corrected chi connectivity index (χ2v) is 8.26. The summed E-state index contributed by atoms with van der Waals surface area (Å²) in [6.45, 7) is 4.25. The molecule has 1 aliphatic carbocycles. The van der Waals surface area contributed by atoms with Crippen molar-refractivity contribution < 1.29 is 42.5 Å². The van der Waals surface area contributed by atoms with Crippen molar-refractivity contribution in [3.05, 3.63) is 47.5 Å². The first-order valence-electron chi connectivity index (χ1n) is 11.4. The van der Waals surface area contributed by atoms with Gasteiger partial charge >= 0.3 is 11.9 Å². The van der Waals surface area contributed by atoms with Gasteiger partial charge in [-0.15, -0.1) is 0 Å². The number of carbonyl (C=O) groups excluding carboxylic acids is 3. The highest BCUT2D eigenvalue weighted by Crippen LogP contribution is 2.38. The number of aromatic nitrogens is 1. The molecule has 0 unspecified atom stereocenters. The lowest BCUT2D eigenvalue weighted by molar-refractivity contribution is -0.159. The third kappa shape index (κ3) is 6.69. The summed E-state index contributed by atoms with van der Waals surface area (Å²) in [7, 11) is 2.76. The van der Waals surface area contributed by atoms with Crippen LogP contribution in [0.3, 0.4) is 0 Å². The Hall–Kier alpha value is -3.73. The van der Waals surface area contributed by atoms with Crippen LogP contribution in [-0.4, -0.2) is 55.3 Å². The van der Waals surface area contributed by atoms with Crippen LogP contribution in [0.1, 0.15) is 55.8 Å². The summed E-state index contributed by atoms with van der Waals surface area (Å²) in [5, 5.41) is 2.49. The Labute approximate surface area is 208 Å². The molecule has 1 aliphatic rings. The highest BCUT2D eigenvalue weighted by molar-refractivity contribution is 5.98. The lowest BCUT2D eigenvalue weighted by atomic mass is 10.0. The van der Waals surface area contributed by atoms with Crippen molar-refractivity contribution in [3.63, 3.8) is 0 Å². The fraction of sp³-hybridized carbons (Fsp3) is 0.440. The third-order valence-corrected chi connectivity index (χ3v) is 5.34. The van der Waals surface area contributed by atoms with Gasteiger partial charge in [0.15, 0.2) is 11.4 Å². The van der Waals surface area contributed by atoms with E-state index in [1.165, 1.54) is 58.5 Å². The summed E-state index contributed by atoms with van der Waals surface area (Å²) in [5.41, 5.74) is 0.303. The van der Waals surface area contributed by atoms with Gasteiger partial charge in [-0.1, -0.05) is 0 Å². The molecule has 11 heteroatoms. The predicted molar refractivity (Wildman–Crippen MR) is 124 cm³/mol. The first-order chi connectivity index (χ1) is 17.1. The zero-order chi connectivity index (χ0) is 26.4. The van der Waals surface area contributed by atoms with Gasteiger partial charge < -0.3 is 29.0 Å². The van der Waals surface area contributed by atoms with Crippen LogP contribution in [0.2, 0.25) is 0 Å². The zero-order valence-electron chi connectivity index (χ0n) is 20.7. The number of amides is 1. The maximum atomic E-state index is 13.7. The smallest absolute Gasteiger partial charge is 0.328 e. The summed E-state index contributed by atoms with van der Waals surface area (Å²) < 4.78 is 40.9. The molecule has 1 heterocycles.